The summed E-state index contributed by atoms with van der Waals surface area (Å²) < 4.78 is 12.1. The number of rotatable bonds is 7. The second-order valence-electron chi connectivity index (χ2n) is 9.48. The number of halogens is 1. The number of hydrazone groups is 1. The Balaban J connectivity index is 1.28. The molecule has 1 N–H and O–H groups in total. The molecule has 4 aromatic carbocycles. The van der Waals surface area contributed by atoms with E-state index < -0.39 is 5.91 Å². The van der Waals surface area contributed by atoms with E-state index in [1.807, 2.05) is 62.4 Å². The van der Waals surface area contributed by atoms with Crippen molar-refractivity contribution in [1.82, 2.24) is 5.01 Å². The Hall–Kier alpha value is -4.40. The Bertz CT molecular complexity index is 1790. The van der Waals surface area contributed by atoms with Crippen molar-refractivity contribution in [2.24, 2.45) is 10.1 Å². The maximum absolute atomic E-state index is 13.0. The Morgan fingerprint density at radius 3 is 2.61 bits per heavy atom. The quantitative estimate of drug-likeness (QED) is 0.229. The topological polar surface area (TPSA) is 87.3 Å². The van der Waals surface area contributed by atoms with Crippen LogP contribution in [0.4, 0.5) is 0 Å². The van der Waals surface area contributed by atoms with Gasteiger partial charge >= 0.3 is 0 Å². The third-order valence-electron chi connectivity index (χ3n) is 6.65. The van der Waals surface area contributed by atoms with Crippen molar-refractivity contribution in [1.29, 1.82) is 5.41 Å². The van der Waals surface area contributed by atoms with E-state index in [2.05, 4.69) is 28.3 Å². The van der Waals surface area contributed by atoms with E-state index in [9.17, 15) is 4.79 Å². The summed E-state index contributed by atoms with van der Waals surface area (Å²) in [5.41, 5.74) is 3.74. The maximum Gasteiger partial charge on any atom is 0.283 e. The zero-order valence-electron chi connectivity index (χ0n) is 22.3. The second kappa shape index (κ2) is 11.2. The van der Waals surface area contributed by atoms with E-state index in [0.717, 1.165) is 27.5 Å². The average molecular weight is 581 g/mol. The first kappa shape index (κ1) is 26.8. The van der Waals surface area contributed by atoms with Gasteiger partial charge in [-0.25, -0.2) is 0 Å². The Labute approximate surface area is 246 Å². The van der Waals surface area contributed by atoms with Gasteiger partial charge in [-0.15, -0.1) is 0 Å². The first-order valence-electron chi connectivity index (χ1n) is 13.0. The van der Waals surface area contributed by atoms with Crippen LogP contribution in [0, 0.1) is 12.3 Å². The zero-order chi connectivity index (χ0) is 28.5. The van der Waals surface area contributed by atoms with Gasteiger partial charge in [0.15, 0.2) is 17.3 Å². The lowest BCUT2D eigenvalue weighted by atomic mass is 10.1. The molecular formula is C32H25ClN4O3S. The van der Waals surface area contributed by atoms with Gasteiger partial charge in [0.05, 0.1) is 17.2 Å². The highest BCUT2D eigenvalue weighted by Gasteiger charge is 2.36. The lowest BCUT2D eigenvalue weighted by molar-refractivity contribution is -0.114. The van der Waals surface area contributed by atoms with Crippen LogP contribution in [0.25, 0.3) is 16.8 Å². The number of fused-ring (bicyclic) bond motifs is 2. The molecule has 0 saturated carbocycles. The van der Waals surface area contributed by atoms with Crippen molar-refractivity contribution in [3.05, 3.63) is 112 Å². The summed E-state index contributed by atoms with van der Waals surface area (Å²) in [6.07, 6.45) is 1.58. The van der Waals surface area contributed by atoms with Gasteiger partial charge < -0.3 is 9.47 Å². The minimum Gasteiger partial charge on any atom is -0.490 e. The van der Waals surface area contributed by atoms with Crippen molar-refractivity contribution in [2.75, 3.05) is 6.61 Å². The van der Waals surface area contributed by atoms with Gasteiger partial charge in [0, 0.05) is 5.56 Å². The molecule has 0 fully saturated rings. The Morgan fingerprint density at radius 2 is 1.80 bits per heavy atom. The van der Waals surface area contributed by atoms with E-state index in [-0.39, 0.29) is 11.4 Å². The fraction of sp³-hybridized carbons (Fsp3) is 0.125. The minimum absolute atomic E-state index is 0.0556. The molecular weight excluding hydrogens is 556 g/mol. The van der Waals surface area contributed by atoms with E-state index in [0.29, 0.717) is 45.5 Å². The molecule has 2 aliphatic heterocycles. The molecule has 0 radical (unpaired) electrons. The van der Waals surface area contributed by atoms with Gasteiger partial charge in [0.25, 0.3) is 5.91 Å². The van der Waals surface area contributed by atoms with Crippen molar-refractivity contribution in [3.63, 3.8) is 0 Å². The van der Waals surface area contributed by atoms with Crippen LogP contribution < -0.4 is 9.47 Å². The number of amidine groups is 2. The van der Waals surface area contributed by atoms with E-state index in [1.165, 1.54) is 16.8 Å². The second-order valence-corrected chi connectivity index (χ2v) is 10.8. The first-order chi connectivity index (χ1) is 19.9. The predicted octanol–water partition coefficient (Wildman–Crippen LogP) is 7.45. The summed E-state index contributed by atoms with van der Waals surface area (Å²) >= 11 is 7.96. The zero-order valence-corrected chi connectivity index (χ0v) is 23.9. The molecule has 0 spiro atoms. The van der Waals surface area contributed by atoms with Crippen molar-refractivity contribution in [2.45, 2.75) is 20.5 Å². The number of nitrogens with one attached hydrogen (secondary N) is 1. The fourth-order valence-electron chi connectivity index (χ4n) is 4.61. The van der Waals surface area contributed by atoms with Crippen molar-refractivity contribution < 1.29 is 14.3 Å². The SMILES string of the molecule is CCOc1cc(/C=C2/C(=N)N3N=C(c4ccc(C)cc4)SC3=NC2=O)cc(Cl)c1OCc1cccc2ccccc12. The molecule has 41 heavy (non-hydrogen) atoms. The molecule has 0 aliphatic carbocycles. The summed E-state index contributed by atoms with van der Waals surface area (Å²) in [7, 11) is 0. The molecule has 2 heterocycles. The average Bonchev–Trinajstić information content (AvgIpc) is 3.39. The van der Waals surface area contributed by atoms with Gasteiger partial charge in [0.2, 0.25) is 5.17 Å². The molecule has 6 rings (SSSR count). The van der Waals surface area contributed by atoms with Crippen LogP contribution in [0.2, 0.25) is 5.02 Å². The molecule has 4 aromatic rings. The maximum atomic E-state index is 13.0. The highest BCUT2D eigenvalue weighted by molar-refractivity contribution is 8.27. The van der Waals surface area contributed by atoms with Gasteiger partial charge in [-0.05, 0) is 65.7 Å². The van der Waals surface area contributed by atoms with Crippen molar-refractivity contribution >= 4 is 62.2 Å². The lowest BCUT2D eigenvalue weighted by Crippen LogP contribution is -2.35. The molecule has 2 aliphatic rings. The van der Waals surface area contributed by atoms with Gasteiger partial charge in [-0.3, -0.25) is 10.2 Å². The Morgan fingerprint density at radius 1 is 1.02 bits per heavy atom. The number of amides is 1. The van der Waals surface area contributed by atoms with Crippen LogP contribution in [0.5, 0.6) is 11.5 Å². The number of ether oxygens (including phenoxy) is 2. The molecule has 1 amide bonds. The summed E-state index contributed by atoms with van der Waals surface area (Å²) in [5.74, 6) is 0.291. The molecule has 0 atom stereocenters. The number of nitrogens with zero attached hydrogens (tertiary/aromatic N) is 3. The van der Waals surface area contributed by atoms with E-state index in [4.69, 9.17) is 26.5 Å². The monoisotopic (exact) mass is 580 g/mol. The number of thioether (sulfide) groups is 1. The first-order valence-corrected chi connectivity index (χ1v) is 14.2. The number of carbonyl (C=O) groups excluding carboxylic acids is 1. The molecule has 9 heteroatoms. The summed E-state index contributed by atoms with van der Waals surface area (Å²) in [6.45, 7) is 4.58. The van der Waals surface area contributed by atoms with Gasteiger partial charge in [-0.1, -0.05) is 83.9 Å². The van der Waals surface area contributed by atoms with Crippen LogP contribution in [0.15, 0.2) is 94.5 Å². The molecule has 0 bridgehead atoms. The van der Waals surface area contributed by atoms with E-state index >= 15 is 0 Å². The molecule has 0 saturated heterocycles. The highest BCUT2D eigenvalue weighted by atomic mass is 35.5. The third-order valence-corrected chi connectivity index (χ3v) is 7.89. The number of aryl methyl sites for hydroxylation is 1. The molecule has 0 unspecified atom stereocenters. The van der Waals surface area contributed by atoms with Crippen LogP contribution >= 0.6 is 23.4 Å². The number of hydrogen-bond acceptors (Lipinski definition) is 6. The lowest BCUT2D eigenvalue weighted by Gasteiger charge is -2.20. The smallest absolute Gasteiger partial charge is 0.283 e. The number of hydrogen-bond donors (Lipinski definition) is 1. The predicted molar refractivity (Wildman–Crippen MR) is 166 cm³/mol. The van der Waals surface area contributed by atoms with Gasteiger partial charge in [0.1, 0.15) is 11.7 Å². The largest absolute Gasteiger partial charge is 0.490 e. The summed E-state index contributed by atoms with van der Waals surface area (Å²) in [5, 5.41) is 18.3. The Kier molecular flexibility index (Phi) is 7.34. The summed E-state index contributed by atoms with van der Waals surface area (Å²) in [6, 6.07) is 25.6. The molecule has 7 nitrogen and oxygen atoms in total. The normalized spacial score (nSPS) is 15.7. The third kappa shape index (κ3) is 5.36. The molecule has 0 aromatic heterocycles. The van der Waals surface area contributed by atoms with Crippen LogP contribution in [-0.4, -0.2) is 33.6 Å². The standard InChI is InChI=1S/C32H25ClN4O3S/c1-3-39-27-17-20(16-26(33)28(27)40-18-23-9-6-8-21-7-4-5-10-24(21)23)15-25-29(34)37-32(35-30(25)38)41-31(36-37)22-13-11-19(2)12-14-22/h4-17,34H,3,18H2,1-2H3/b25-15-,34-29?. The number of aliphatic imine (C=N–C) groups is 1. The fourth-order valence-corrected chi connectivity index (χ4v) is 5.78. The van der Waals surface area contributed by atoms with Gasteiger partial charge in [-0.2, -0.15) is 15.1 Å². The van der Waals surface area contributed by atoms with Crippen molar-refractivity contribution in [3.8, 4) is 11.5 Å². The van der Waals surface area contributed by atoms with Crippen LogP contribution in [0.3, 0.4) is 0 Å². The van der Waals surface area contributed by atoms with Crippen LogP contribution in [-0.2, 0) is 11.4 Å². The number of benzene rings is 4. The van der Waals surface area contributed by atoms with E-state index in [1.54, 1.807) is 18.2 Å². The van der Waals surface area contributed by atoms with Crippen LogP contribution in [0.1, 0.15) is 29.2 Å². The summed E-state index contributed by atoms with van der Waals surface area (Å²) in [4.78, 5) is 17.2. The minimum atomic E-state index is -0.514. The molecule has 204 valence electrons. The number of carbonyl (C=O) groups is 1. The highest BCUT2D eigenvalue weighted by Crippen LogP contribution is 2.39.